The number of likely N-dealkylation sites (tertiary alicyclic amines) is 1. The number of carbonyl (C=O) groups excluding carboxylic acids is 3. The van der Waals surface area contributed by atoms with Crippen LogP contribution >= 0.6 is 11.3 Å². The molecule has 5 atom stereocenters. The number of nitrogens with one attached hydrogen (secondary N) is 1. The Morgan fingerprint density at radius 1 is 1.06 bits per heavy atom. The molecule has 5 aromatic rings. The molecule has 1 saturated heterocycles. The summed E-state index contributed by atoms with van der Waals surface area (Å²) in [6.07, 6.45) is -2.71. The summed E-state index contributed by atoms with van der Waals surface area (Å²) in [7, 11) is -3.91. The zero-order valence-electron chi connectivity index (χ0n) is 35.0. The second kappa shape index (κ2) is 15.9. The average Bonchev–Trinajstić information content (AvgIpc) is 4.04. The van der Waals surface area contributed by atoms with Crippen molar-refractivity contribution in [1.82, 2.24) is 24.6 Å². The molecule has 4 heterocycles. The van der Waals surface area contributed by atoms with Crippen molar-refractivity contribution in [2.75, 3.05) is 6.54 Å². The first-order valence-electron chi connectivity index (χ1n) is 20.7. The van der Waals surface area contributed by atoms with Crippen LogP contribution in [-0.4, -0.2) is 69.8 Å². The number of rotatable bonds is 14. The number of amides is 2. The zero-order valence-corrected chi connectivity index (χ0v) is 36.6. The van der Waals surface area contributed by atoms with Crippen LogP contribution in [0.15, 0.2) is 71.0 Å². The summed E-state index contributed by atoms with van der Waals surface area (Å²) in [6.45, 7) is 13.8. The molecular weight excluding hydrogens is 844 g/mol. The normalized spacial score (nSPS) is 22.3. The first-order chi connectivity index (χ1) is 29.2. The molecule has 328 valence electrons. The molecule has 62 heavy (non-hydrogen) atoms. The Hall–Kier alpha value is -5.16. The predicted octanol–water partition coefficient (Wildman–Crippen LogP) is 8.44. The molecule has 3 fully saturated rings. The molecule has 0 spiro atoms. The van der Waals surface area contributed by atoms with E-state index in [0.717, 1.165) is 22.8 Å². The van der Waals surface area contributed by atoms with Crippen molar-refractivity contribution in [3.05, 3.63) is 82.8 Å². The molecule has 8 rings (SSSR count). The van der Waals surface area contributed by atoms with Crippen molar-refractivity contribution in [3.8, 4) is 17.3 Å². The van der Waals surface area contributed by atoms with Gasteiger partial charge in [-0.1, -0.05) is 65.0 Å². The number of hydrogen-bond donors (Lipinski definition) is 1. The maximum atomic E-state index is 14.9. The lowest BCUT2D eigenvalue weighted by Crippen LogP contribution is -2.47. The second-order valence-corrected chi connectivity index (χ2v) is 21.0. The van der Waals surface area contributed by atoms with E-state index in [1.807, 2.05) is 19.2 Å². The van der Waals surface area contributed by atoms with E-state index in [-0.39, 0.29) is 65.9 Å². The Morgan fingerprint density at radius 3 is 2.39 bits per heavy atom. The van der Waals surface area contributed by atoms with E-state index in [9.17, 15) is 36.0 Å². The number of allylic oxidation sites excluding steroid dienone is 1. The number of carbonyl (C=O) groups is 3. The Bertz CT molecular complexity index is 2680. The fourth-order valence-electron chi connectivity index (χ4n) is 8.24. The quantitative estimate of drug-likeness (QED) is 0.107. The number of halogens is 3. The molecule has 2 amide bonds. The van der Waals surface area contributed by atoms with Crippen LogP contribution in [0.5, 0.6) is 5.88 Å². The first-order valence-corrected chi connectivity index (χ1v) is 23.1. The van der Waals surface area contributed by atoms with Gasteiger partial charge in [-0.05, 0) is 55.4 Å². The SMILES string of the molecule is C=C[C@@H]1C[C@]1(CC(=O)[C@@H]1C[C@@H](Oc2nc(-c3ccc(C(F)(F)F)cc3)nc3c2oc2ccccc23)CN1C(=O)[C@@H](Cc1nc(C(C)(C)C)cs1)C(C)C)C(=O)NS(=O)(=O)C1CC1. The number of Topliss-reactive ketones (excluding diaryl/α,β-unsaturated/α-hetero) is 1. The van der Waals surface area contributed by atoms with Gasteiger partial charge in [0.15, 0.2) is 11.6 Å². The van der Waals surface area contributed by atoms with E-state index in [2.05, 4.69) is 42.0 Å². The Kier molecular flexibility index (Phi) is 11.1. The molecule has 3 aromatic heterocycles. The number of furan rings is 1. The van der Waals surface area contributed by atoms with Gasteiger partial charge in [0.25, 0.3) is 5.88 Å². The number of sulfonamides is 1. The molecule has 0 radical (unpaired) electrons. The lowest BCUT2D eigenvalue weighted by molar-refractivity contribution is -0.143. The maximum absolute atomic E-state index is 14.9. The molecular formula is C45H48F3N5O7S2. The van der Waals surface area contributed by atoms with Gasteiger partial charge in [0, 0.05) is 46.9 Å². The topological polar surface area (TPSA) is 162 Å². The first kappa shape index (κ1) is 43.5. The predicted molar refractivity (Wildman–Crippen MR) is 228 cm³/mol. The van der Waals surface area contributed by atoms with E-state index in [1.165, 1.54) is 28.4 Å². The number of aromatic nitrogens is 3. The minimum Gasteiger partial charge on any atom is -0.470 e. The highest BCUT2D eigenvalue weighted by Crippen LogP contribution is 2.57. The summed E-state index contributed by atoms with van der Waals surface area (Å²) >= 11 is 1.47. The second-order valence-electron chi connectivity index (χ2n) is 18.1. The number of ether oxygens (including phenoxy) is 1. The van der Waals surface area contributed by atoms with Gasteiger partial charge in [-0.2, -0.15) is 18.2 Å². The third-order valence-corrected chi connectivity index (χ3v) is 14.9. The van der Waals surface area contributed by atoms with Gasteiger partial charge in [0.1, 0.15) is 17.2 Å². The van der Waals surface area contributed by atoms with Crippen molar-refractivity contribution in [3.63, 3.8) is 0 Å². The highest BCUT2D eigenvalue weighted by molar-refractivity contribution is 7.90. The summed E-state index contributed by atoms with van der Waals surface area (Å²) in [5, 5.41) is 2.73. The minimum atomic E-state index is -4.55. The van der Waals surface area contributed by atoms with Gasteiger partial charge in [0.2, 0.25) is 27.4 Å². The number of fused-ring (bicyclic) bond motifs is 3. The summed E-state index contributed by atoms with van der Waals surface area (Å²) < 4.78 is 81.2. The van der Waals surface area contributed by atoms with Gasteiger partial charge < -0.3 is 14.1 Å². The van der Waals surface area contributed by atoms with Crippen LogP contribution in [0.2, 0.25) is 0 Å². The standard InChI is InChI=1S/C45H48F3N5O7S2/c1-7-26-20-44(26,42(56)52-62(57,58)29-16-17-29)21-33(54)32-18-28(22-53(32)41(55)31(24(2)3)19-36-49-35(23-61-36)43(4,5)6)59-40-38-37(30-10-8-9-11-34(30)60-38)50-39(51-40)25-12-14-27(15-13-25)45(46,47)48/h7-15,23-24,26,28-29,31-32H,1,16-22H2,2-6H3,(H,52,56)/t26-,28-,31+,32+,44-/m1/s1. The van der Waals surface area contributed by atoms with Crippen molar-refractivity contribution in [1.29, 1.82) is 0 Å². The van der Waals surface area contributed by atoms with Crippen LogP contribution in [0.1, 0.15) is 83.0 Å². The van der Waals surface area contributed by atoms with Gasteiger partial charge in [-0.25, -0.2) is 18.4 Å². The molecule has 2 saturated carbocycles. The van der Waals surface area contributed by atoms with E-state index in [0.29, 0.717) is 35.7 Å². The zero-order chi connectivity index (χ0) is 44.5. The summed E-state index contributed by atoms with van der Waals surface area (Å²) in [5.41, 5.74) is -0.196. The van der Waals surface area contributed by atoms with Gasteiger partial charge in [-0.15, -0.1) is 17.9 Å². The van der Waals surface area contributed by atoms with Crippen LogP contribution in [0.4, 0.5) is 13.2 Å². The monoisotopic (exact) mass is 891 g/mol. The summed E-state index contributed by atoms with van der Waals surface area (Å²) in [4.78, 5) is 59.0. The van der Waals surface area contributed by atoms with Crippen molar-refractivity contribution >= 4 is 61.0 Å². The van der Waals surface area contributed by atoms with E-state index >= 15 is 0 Å². The van der Waals surface area contributed by atoms with E-state index in [1.54, 1.807) is 30.3 Å². The van der Waals surface area contributed by atoms with Crippen LogP contribution < -0.4 is 9.46 Å². The Morgan fingerprint density at radius 2 is 1.77 bits per heavy atom. The van der Waals surface area contributed by atoms with Crippen LogP contribution in [0, 0.1) is 23.2 Å². The molecule has 2 aliphatic carbocycles. The molecule has 2 aromatic carbocycles. The highest BCUT2D eigenvalue weighted by Gasteiger charge is 2.61. The smallest absolute Gasteiger partial charge is 0.416 e. The number of thiazole rings is 1. The molecule has 17 heteroatoms. The highest BCUT2D eigenvalue weighted by atomic mass is 32.2. The molecule has 3 aliphatic rings. The van der Waals surface area contributed by atoms with Crippen LogP contribution in [-0.2, 0) is 42.4 Å². The molecule has 1 N–H and O–H groups in total. The average molecular weight is 892 g/mol. The summed E-state index contributed by atoms with van der Waals surface area (Å²) in [5.74, 6) is -2.64. The molecule has 0 unspecified atom stereocenters. The largest absolute Gasteiger partial charge is 0.470 e. The Balaban J connectivity index is 1.14. The van der Waals surface area contributed by atoms with Gasteiger partial charge >= 0.3 is 6.18 Å². The van der Waals surface area contributed by atoms with Gasteiger partial charge in [-0.3, -0.25) is 19.1 Å². The summed E-state index contributed by atoms with van der Waals surface area (Å²) in [6, 6.07) is 10.5. The molecule has 0 bridgehead atoms. The third-order valence-electron chi connectivity index (χ3n) is 12.2. The molecule has 1 aliphatic heterocycles. The van der Waals surface area contributed by atoms with Crippen molar-refractivity contribution < 1.29 is 45.1 Å². The van der Waals surface area contributed by atoms with Crippen molar-refractivity contribution in [2.45, 2.75) is 102 Å². The lowest BCUT2D eigenvalue weighted by Gasteiger charge is -2.30. The fraction of sp³-hybridized carbons (Fsp3) is 0.467. The van der Waals surface area contributed by atoms with Crippen LogP contribution in [0.3, 0.4) is 0 Å². The number of para-hydroxylation sites is 1. The van der Waals surface area contributed by atoms with Crippen LogP contribution in [0.25, 0.3) is 33.5 Å². The number of nitrogens with zero attached hydrogens (tertiary/aromatic N) is 4. The van der Waals surface area contributed by atoms with E-state index < -0.39 is 68.1 Å². The maximum Gasteiger partial charge on any atom is 0.416 e. The number of benzene rings is 2. The van der Waals surface area contributed by atoms with Gasteiger partial charge in [0.05, 0.1) is 39.5 Å². The fourth-order valence-corrected chi connectivity index (χ4v) is 10.7. The number of hydrogen-bond acceptors (Lipinski definition) is 11. The minimum absolute atomic E-state index is 0.00101. The lowest BCUT2D eigenvalue weighted by atomic mass is 9.89. The third kappa shape index (κ3) is 8.49. The number of ketones is 1. The van der Waals surface area contributed by atoms with E-state index in [4.69, 9.17) is 14.1 Å². The van der Waals surface area contributed by atoms with Crippen molar-refractivity contribution in [2.24, 2.45) is 23.2 Å². The molecule has 12 nitrogen and oxygen atoms in total. The number of alkyl halides is 3. The Labute approximate surface area is 361 Å².